The number of carbonyl (C=O) groups excluding carboxylic acids is 1. The number of hydrogen-bond donors (Lipinski definition) is 2. The average Bonchev–Trinajstić information content (AvgIpc) is 2.48. The van der Waals surface area contributed by atoms with Crippen LogP contribution in [0.5, 0.6) is 0 Å². The van der Waals surface area contributed by atoms with Gasteiger partial charge in [-0.1, -0.05) is 23.2 Å². The summed E-state index contributed by atoms with van der Waals surface area (Å²) < 4.78 is 13.5. The topological polar surface area (TPSA) is 64.9 Å². The predicted octanol–water partition coefficient (Wildman–Crippen LogP) is 4.05. The molecule has 7 heteroatoms. The van der Waals surface area contributed by atoms with Crippen LogP contribution < -0.4 is 10.6 Å². The Morgan fingerprint density at radius 1 is 1.23 bits per heavy atom. The van der Waals surface area contributed by atoms with Crippen molar-refractivity contribution in [3.8, 4) is 6.07 Å². The number of nitriles is 1. The van der Waals surface area contributed by atoms with Gasteiger partial charge in [0.05, 0.1) is 22.8 Å². The summed E-state index contributed by atoms with van der Waals surface area (Å²) in [6, 6.07) is 10.5. The molecule has 0 heterocycles. The summed E-state index contributed by atoms with van der Waals surface area (Å²) in [5.74, 6) is -0.890. The molecule has 0 aliphatic carbocycles. The van der Waals surface area contributed by atoms with Crippen LogP contribution in [0, 0.1) is 17.1 Å². The molecule has 22 heavy (non-hydrogen) atoms. The van der Waals surface area contributed by atoms with Crippen molar-refractivity contribution in [1.82, 2.24) is 0 Å². The van der Waals surface area contributed by atoms with Gasteiger partial charge >= 0.3 is 0 Å². The number of benzene rings is 2. The van der Waals surface area contributed by atoms with Gasteiger partial charge in [-0.05, 0) is 36.4 Å². The zero-order chi connectivity index (χ0) is 16.1. The third kappa shape index (κ3) is 4.10. The molecule has 2 N–H and O–H groups in total. The monoisotopic (exact) mass is 337 g/mol. The van der Waals surface area contributed by atoms with E-state index in [9.17, 15) is 9.18 Å². The van der Waals surface area contributed by atoms with E-state index >= 15 is 0 Å². The molecular weight excluding hydrogens is 328 g/mol. The molecule has 0 bridgehead atoms. The molecule has 112 valence electrons. The van der Waals surface area contributed by atoms with Gasteiger partial charge in [0.2, 0.25) is 5.91 Å². The predicted molar refractivity (Wildman–Crippen MR) is 84.7 cm³/mol. The van der Waals surface area contributed by atoms with Crippen LogP contribution in [0.15, 0.2) is 36.4 Å². The largest absolute Gasteiger partial charge is 0.374 e. The Morgan fingerprint density at radius 2 is 2.00 bits per heavy atom. The zero-order valence-corrected chi connectivity index (χ0v) is 12.7. The summed E-state index contributed by atoms with van der Waals surface area (Å²) in [5.41, 5.74) is 0.904. The first kappa shape index (κ1) is 16.1. The van der Waals surface area contributed by atoms with Crippen molar-refractivity contribution in [2.24, 2.45) is 0 Å². The van der Waals surface area contributed by atoms with Gasteiger partial charge in [-0.25, -0.2) is 4.39 Å². The van der Waals surface area contributed by atoms with E-state index in [2.05, 4.69) is 10.6 Å². The molecule has 4 nitrogen and oxygen atoms in total. The molecule has 0 atom stereocenters. The normalized spacial score (nSPS) is 9.91. The Bertz CT molecular complexity index is 759. The Morgan fingerprint density at radius 3 is 2.68 bits per heavy atom. The summed E-state index contributed by atoms with van der Waals surface area (Å²) in [6.07, 6.45) is 0. The summed E-state index contributed by atoms with van der Waals surface area (Å²) in [7, 11) is 0. The second-order valence-electron chi connectivity index (χ2n) is 4.33. The molecule has 0 aromatic heterocycles. The van der Waals surface area contributed by atoms with Crippen LogP contribution in [0.2, 0.25) is 10.0 Å². The maximum Gasteiger partial charge on any atom is 0.243 e. The van der Waals surface area contributed by atoms with Crippen molar-refractivity contribution in [2.75, 3.05) is 17.2 Å². The number of carbonyl (C=O) groups is 1. The maximum absolute atomic E-state index is 13.5. The van der Waals surface area contributed by atoms with Crippen LogP contribution in [-0.4, -0.2) is 12.5 Å². The highest BCUT2D eigenvalue weighted by Crippen LogP contribution is 2.21. The summed E-state index contributed by atoms with van der Waals surface area (Å²) in [4.78, 5) is 11.8. The van der Waals surface area contributed by atoms with Gasteiger partial charge < -0.3 is 10.6 Å². The van der Waals surface area contributed by atoms with E-state index in [1.165, 1.54) is 30.3 Å². The molecule has 0 spiro atoms. The van der Waals surface area contributed by atoms with E-state index in [0.29, 0.717) is 16.3 Å². The molecule has 2 rings (SSSR count). The standard InChI is InChI=1S/C15H10Cl2FN3O/c16-10-2-4-13(18)14(5-10)20-8-15(22)21-11-3-1-9(7-19)12(17)6-11/h1-6,20H,8H2,(H,21,22). The van der Waals surface area contributed by atoms with Gasteiger partial charge in [0.15, 0.2) is 0 Å². The minimum atomic E-state index is -0.501. The molecule has 2 aromatic rings. The quantitative estimate of drug-likeness (QED) is 0.884. The summed E-state index contributed by atoms with van der Waals surface area (Å²) in [6.45, 7) is -0.144. The summed E-state index contributed by atoms with van der Waals surface area (Å²) >= 11 is 11.6. The van der Waals surface area contributed by atoms with Crippen LogP contribution in [-0.2, 0) is 4.79 Å². The maximum atomic E-state index is 13.5. The first-order chi connectivity index (χ1) is 10.5. The van der Waals surface area contributed by atoms with Crippen molar-refractivity contribution in [2.45, 2.75) is 0 Å². The lowest BCUT2D eigenvalue weighted by Crippen LogP contribution is -2.22. The van der Waals surface area contributed by atoms with E-state index in [1.54, 1.807) is 6.07 Å². The van der Waals surface area contributed by atoms with Gasteiger partial charge in [-0.2, -0.15) is 5.26 Å². The molecule has 0 aliphatic heterocycles. The van der Waals surface area contributed by atoms with Crippen LogP contribution in [0.1, 0.15) is 5.56 Å². The lowest BCUT2D eigenvalue weighted by molar-refractivity contribution is -0.114. The van der Waals surface area contributed by atoms with Crippen LogP contribution >= 0.6 is 23.2 Å². The average molecular weight is 338 g/mol. The van der Waals surface area contributed by atoms with Crippen molar-refractivity contribution in [1.29, 1.82) is 5.26 Å². The number of amides is 1. The van der Waals surface area contributed by atoms with Crippen molar-refractivity contribution < 1.29 is 9.18 Å². The molecule has 0 aliphatic rings. The number of rotatable bonds is 4. The van der Waals surface area contributed by atoms with E-state index in [1.807, 2.05) is 6.07 Å². The highest BCUT2D eigenvalue weighted by Gasteiger charge is 2.07. The number of anilines is 2. The van der Waals surface area contributed by atoms with Crippen LogP contribution in [0.3, 0.4) is 0 Å². The second kappa shape index (κ2) is 7.12. The van der Waals surface area contributed by atoms with Gasteiger partial charge in [-0.3, -0.25) is 4.79 Å². The first-order valence-electron chi connectivity index (χ1n) is 6.18. The molecule has 0 saturated heterocycles. The zero-order valence-electron chi connectivity index (χ0n) is 11.2. The Hall–Kier alpha value is -2.29. The van der Waals surface area contributed by atoms with E-state index in [4.69, 9.17) is 28.5 Å². The van der Waals surface area contributed by atoms with E-state index in [-0.39, 0.29) is 23.2 Å². The van der Waals surface area contributed by atoms with Gasteiger partial charge in [0, 0.05) is 10.7 Å². The highest BCUT2D eigenvalue weighted by atomic mass is 35.5. The molecule has 0 fully saturated rings. The molecule has 1 amide bonds. The molecule has 2 aromatic carbocycles. The Labute approximate surface area is 136 Å². The minimum Gasteiger partial charge on any atom is -0.374 e. The van der Waals surface area contributed by atoms with Crippen molar-refractivity contribution >= 4 is 40.5 Å². The number of nitrogens with zero attached hydrogens (tertiary/aromatic N) is 1. The third-order valence-corrected chi connectivity index (χ3v) is 3.29. The lowest BCUT2D eigenvalue weighted by atomic mass is 10.2. The van der Waals surface area contributed by atoms with Crippen molar-refractivity contribution in [3.05, 3.63) is 57.8 Å². The minimum absolute atomic E-state index is 0.139. The molecule has 0 unspecified atom stereocenters. The number of nitrogens with one attached hydrogen (secondary N) is 2. The number of hydrogen-bond acceptors (Lipinski definition) is 3. The number of halogens is 3. The smallest absolute Gasteiger partial charge is 0.243 e. The fourth-order valence-corrected chi connectivity index (χ4v) is 2.09. The molecule has 0 saturated carbocycles. The van der Waals surface area contributed by atoms with Gasteiger partial charge in [-0.15, -0.1) is 0 Å². The van der Waals surface area contributed by atoms with E-state index in [0.717, 1.165) is 0 Å². The van der Waals surface area contributed by atoms with Gasteiger partial charge in [0.25, 0.3) is 0 Å². The van der Waals surface area contributed by atoms with Gasteiger partial charge in [0.1, 0.15) is 11.9 Å². The Kier molecular flexibility index (Phi) is 5.21. The fourth-order valence-electron chi connectivity index (χ4n) is 1.70. The fraction of sp³-hybridized carbons (Fsp3) is 0.0667. The van der Waals surface area contributed by atoms with Crippen molar-refractivity contribution in [3.63, 3.8) is 0 Å². The third-order valence-electron chi connectivity index (χ3n) is 2.74. The molecule has 0 radical (unpaired) electrons. The Balaban J connectivity index is 1.97. The first-order valence-corrected chi connectivity index (χ1v) is 6.93. The van der Waals surface area contributed by atoms with E-state index < -0.39 is 5.82 Å². The second-order valence-corrected chi connectivity index (χ2v) is 5.18. The SMILES string of the molecule is N#Cc1ccc(NC(=O)CNc2cc(Cl)ccc2F)cc1Cl. The van der Waals surface area contributed by atoms with Crippen LogP contribution in [0.4, 0.5) is 15.8 Å². The highest BCUT2D eigenvalue weighted by molar-refractivity contribution is 6.32. The van der Waals surface area contributed by atoms with Crippen LogP contribution in [0.25, 0.3) is 0 Å². The lowest BCUT2D eigenvalue weighted by Gasteiger charge is -2.09. The molecular formula is C15H10Cl2FN3O. The summed E-state index contributed by atoms with van der Waals surface area (Å²) in [5, 5.41) is 14.6.